The zero-order valence-electron chi connectivity index (χ0n) is 16.3. The molecule has 0 radical (unpaired) electrons. The van der Waals surface area contributed by atoms with Crippen molar-refractivity contribution in [3.05, 3.63) is 78.0 Å². The van der Waals surface area contributed by atoms with Crippen LogP contribution in [0.15, 0.2) is 66.9 Å². The molecule has 2 N–H and O–H groups in total. The average molecular weight is 399 g/mol. The molecule has 2 aliphatic rings. The van der Waals surface area contributed by atoms with Crippen molar-refractivity contribution in [2.45, 2.75) is 0 Å². The number of para-hydroxylation sites is 1. The Balaban J connectivity index is 1.32. The minimum atomic E-state index is -0.189. The molecule has 0 saturated carbocycles. The van der Waals surface area contributed by atoms with E-state index in [0.29, 0.717) is 29.9 Å². The highest BCUT2D eigenvalue weighted by molar-refractivity contribution is 6.12. The number of hydrogen-bond acceptors (Lipinski definition) is 5. The molecule has 3 heterocycles. The fourth-order valence-corrected chi connectivity index (χ4v) is 3.88. The normalized spacial score (nSPS) is 15.4. The topological polar surface area (TPSA) is 77.6 Å². The van der Waals surface area contributed by atoms with Crippen molar-refractivity contribution < 1.29 is 9.59 Å². The summed E-state index contributed by atoms with van der Waals surface area (Å²) >= 11 is 0. The van der Waals surface area contributed by atoms with Crippen molar-refractivity contribution in [3.63, 3.8) is 0 Å². The van der Waals surface area contributed by atoms with Crippen molar-refractivity contribution in [2.75, 3.05) is 41.7 Å². The van der Waals surface area contributed by atoms with E-state index in [1.165, 1.54) is 0 Å². The van der Waals surface area contributed by atoms with Crippen LogP contribution in [0.1, 0.15) is 20.7 Å². The lowest BCUT2D eigenvalue weighted by Crippen LogP contribution is -2.49. The van der Waals surface area contributed by atoms with Gasteiger partial charge in [0.1, 0.15) is 5.82 Å². The Morgan fingerprint density at radius 3 is 2.43 bits per heavy atom. The number of benzene rings is 2. The molecule has 1 fully saturated rings. The Kier molecular flexibility index (Phi) is 4.55. The van der Waals surface area contributed by atoms with Gasteiger partial charge in [-0.25, -0.2) is 4.98 Å². The molecule has 1 aromatic heterocycles. The molecule has 7 nitrogen and oxygen atoms in total. The van der Waals surface area contributed by atoms with Gasteiger partial charge in [-0.15, -0.1) is 0 Å². The van der Waals surface area contributed by atoms with Crippen LogP contribution in [0, 0.1) is 0 Å². The fourth-order valence-electron chi connectivity index (χ4n) is 3.88. The summed E-state index contributed by atoms with van der Waals surface area (Å²) in [6.07, 6.45) is 1.78. The smallest absolute Gasteiger partial charge is 0.257 e. The summed E-state index contributed by atoms with van der Waals surface area (Å²) in [6, 6.07) is 18.6. The molecule has 7 heteroatoms. The Morgan fingerprint density at radius 1 is 0.833 bits per heavy atom. The maximum atomic E-state index is 13.1. The standard InChI is InChI=1S/C23H21N5O2/c29-22-17-5-1-2-6-18(17)25-19-9-8-16(15-20(19)26-22)23(30)28-13-11-27(12-14-28)21-7-3-4-10-24-21/h1-10,15,25H,11-14H2,(H,26,29). The number of piperazine rings is 1. The fraction of sp³-hybridized carbons (Fsp3) is 0.174. The van der Waals surface area contributed by atoms with Crippen molar-refractivity contribution in [1.82, 2.24) is 9.88 Å². The lowest BCUT2D eigenvalue weighted by Gasteiger charge is -2.35. The number of nitrogens with one attached hydrogen (secondary N) is 2. The number of carbonyl (C=O) groups excluding carboxylic acids is 2. The molecular weight excluding hydrogens is 378 g/mol. The Morgan fingerprint density at radius 2 is 1.63 bits per heavy atom. The molecule has 2 aliphatic heterocycles. The van der Waals surface area contributed by atoms with E-state index in [0.717, 1.165) is 30.3 Å². The van der Waals surface area contributed by atoms with Gasteiger partial charge >= 0.3 is 0 Å². The van der Waals surface area contributed by atoms with E-state index in [4.69, 9.17) is 0 Å². The maximum Gasteiger partial charge on any atom is 0.257 e. The van der Waals surface area contributed by atoms with Crippen LogP contribution >= 0.6 is 0 Å². The van der Waals surface area contributed by atoms with Crippen LogP contribution in [-0.4, -0.2) is 47.9 Å². The van der Waals surface area contributed by atoms with E-state index >= 15 is 0 Å². The van der Waals surface area contributed by atoms with E-state index in [2.05, 4.69) is 20.5 Å². The third kappa shape index (κ3) is 3.34. The van der Waals surface area contributed by atoms with Crippen LogP contribution in [0.3, 0.4) is 0 Å². The van der Waals surface area contributed by atoms with Crippen LogP contribution in [0.5, 0.6) is 0 Å². The summed E-state index contributed by atoms with van der Waals surface area (Å²) in [4.78, 5) is 34.1. The second kappa shape index (κ2) is 7.51. The maximum absolute atomic E-state index is 13.1. The predicted octanol–water partition coefficient (Wildman–Crippen LogP) is 3.35. The van der Waals surface area contributed by atoms with Crippen molar-refractivity contribution >= 4 is 34.7 Å². The van der Waals surface area contributed by atoms with E-state index in [9.17, 15) is 9.59 Å². The third-order valence-corrected chi connectivity index (χ3v) is 5.50. The first kappa shape index (κ1) is 18.2. The molecule has 3 aromatic rings. The van der Waals surface area contributed by atoms with Gasteiger partial charge in [0, 0.05) is 37.9 Å². The number of anilines is 4. The molecule has 30 heavy (non-hydrogen) atoms. The molecule has 0 atom stereocenters. The van der Waals surface area contributed by atoms with Crippen LogP contribution in [-0.2, 0) is 0 Å². The summed E-state index contributed by atoms with van der Waals surface area (Å²) in [5.74, 6) is 0.711. The zero-order valence-corrected chi connectivity index (χ0v) is 16.3. The number of pyridine rings is 1. The van der Waals surface area contributed by atoms with Crippen LogP contribution in [0.4, 0.5) is 22.9 Å². The molecule has 0 bridgehead atoms. The molecule has 0 unspecified atom stereocenters. The number of hydrogen-bond donors (Lipinski definition) is 2. The Hall–Kier alpha value is -3.87. The number of rotatable bonds is 2. The van der Waals surface area contributed by atoms with E-state index in [-0.39, 0.29) is 11.8 Å². The molecular formula is C23H21N5O2. The minimum absolute atomic E-state index is 0.0329. The number of aromatic nitrogens is 1. The van der Waals surface area contributed by atoms with Gasteiger partial charge in [0.2, 0.25) is 0 Å². The SMILES string of the molecule is O=C1Nc2cc(C(=O)N3CCN(c4ccccn4)CC3)ccc2Nc2ccccc21. The van der Waals surface area contributed by atoms with Gasteiger partial charge in [-0.1, -0.05) is 18.2 Å². The highest BCUT2D eigenvalue weighted by Crippen LogP contribution is 2.32. The predicted molar refractivity (Wildman–Crippen MR) is 116 cm³/mol. The monoisotopic (exact) mass is 399 g/mol. The van der Waals surface area contributed by atoms with Gasteiger partial charge in [0.05, 0.1) is 22.6 Å². The Bertz CT molecular complexity index is 1110. The molecule has 2 aromatic carbocycles. The van der Waals surface area contributed by atoms with Crippen LogP contribution < -0.4 is 15.5 Å². The van der Waals surface area contributed by atoms with Crippen LogP contribution in [0.25, 0.3) is 0 Å². The van der Waals surface area contributed by atoms with E-state index < -0.39 is 0 Å². The number of carbonyl (C=O) groups is 2. The summed E-state index contributed by atoms with van der Waals surface area (Å²) in [7, 11) is 0. The quantitative estimate of drug-likeness (QED) is 0.691. The lowest BCUT2D eigenvalue weighted by atomic mass is 10.1. The molecule has 5 rings (SSSR count). The van der Waals surface area contributed by atoms with Crippen molar-refractivity contribution in [2.24, 2.45) is 0 Å². The zero-order chi connectivity index (χ0) is 20.5. The summed E-state index contributed by atoms with van der Waals surface area (Å²) in [5.41, 5.74) is 3.26. The minimum Gasteiger partial charge on any atom is -0.353 e. The molecule has 150 valence electrons. The van der Waals surface area contributed by atoms with Crippen molar-refractivity contribution in [1.29, 1.82) is 0 Å². The number of fused-ring (bicyclic) bond motifs is 2. The largest absolute Gasteiger partial charge is 0.353 e. The first-order valence-corrected chi connectivity index (χ1v) is 9.96. The van der Waals surface area contributed by atoms with Gasteiger partial charge in [0.15, 0.2) is 0 Å². The van der Waals surface area contributed by atoms with Gasteiger partial charge in [0.25, 0.3) is 11.8 Å². The second-order valence-electron chi connectivity index (χ2n) is 7.35. The van der Waals surface area contributed by atoms with Crippen molar-refractivity contribution in [3.8, 4) is 0 Å². The first-order valence-electron chi connectivity index (χ1n) is 9.96. The highest BCUT2D eigenvalue weighted by atomic mass is 16.2. The molecule has 0 spiro atoms. The summed E-state index contributed by atoms with van der Waals surface area (Å²) in [5, 5.41) is 6.20. The second-order valence-corrected chi connectivity index (χ2v) is 7.35. The first-order chi connectivity index (χ1) is 14.7. The van der Waals surface area contributed by atoms with E-state index in [1.807, 2.05) is 47.4 Å². The van der Waals surface area contributed by atoms with Gasteiger partial charge in [-0.3, -0.25) is 9.59 Å². The summed E-state index contributed by atoms with van der Waals surface area (Å²) in [6.45, 7) is 2.73. The summed E-state index contributed by atoms with van der Waals surface area (Å²) < 4.78 is 0. The average Bonchev–Trinajstić information content (AvgIpc) is 2.94. The molecule has 0 aliphatic carbocycles. The lowest BCUT2D eigenvalue weighted by molar-refractivity contribution is 0.0746. The van der Waals surface area contributed by atoms with Gasteiger partial charge in [-0.05, 0) is 42.5 Å². The van der Waals surface area contributed by atoms with Gasteiger partial charge in [-0.2, -0.15) is 0 Å². The molecule has 2 amide bonds. The number of nitrogens with zero attached hydrogens (tertiary/aromatic N) is 3. The Labute approximate surface area is 174 Å². The highest BCUT2D eigenvalue weighted by Gasteiger charge is 2.25. The van der Waals surface area contributed by atoms with Gasteiger partial charge < -0.3 is 20.4 Å². The van der Waals surface area contributed by atoms with E-state index in [1.54, 1.807) is 24.4 Å². The van der Waals surface area contributed by atoms with Crippen LogP contribution in [0.2, 0.25) is 0 Å². The third-order valence-electron chi connectivity index (χ3n) is 5.50. The molecule has 1 saturated heterocycles. The number of amides is 2.